The van der Waals surface area contributed by atoms with E-state index in [9.17, 15) is 4.79 Å². The zero-order valence-electron chi connectivity index (χ0n) is 8.38. The largest absolute Gasteiger partial charge is 0.351 e. The van der Waals surface area contributed by atoms with Gasteiger partial charge in [0.05, 0.1) is 0 Å². The molecule has 0 aromatic heterocycles. The fourth-order valence-electron chi connectivity index (χ4n) is 1.04. The van der Waals surface area contributed by atoms with Gasteiger partial charge in [0, 0.05) is 16.9 Å². The first-order valence-electron chi connectivity index (χ1n) is 4.58. The molecule has 1 unspecified atom stereocenters. The Kier molecular flexibility index (Phi) is 4.14. The van der Waals surface area contributed by atoms with E-state index < -0.39 is 0 Å². The van der Waals surface area contributed by atoms with Crippen molar-refractivity contribution in [3.63, 3.8) is 0 Å². The van der Waals surface area contributed by atoms with Gasteiger partial charge in [-0.3, -0.25) is 4.79 Å². The van der Waals surface area contributed by atoms with Crippen molar-refractivity contribution in [2.45, 2.75) is 18.7 Å². The first-order chi connectivity index (χ1) is 6.59. The summed E-state index contributed by atoms with van der Waals surface area (Å²) in [5, 5.41) is 2.83. The molecule has 1 rings (SSSR count). The lowest BCUT2D eigenvalue weighted by Crippen LogP contribution is -2.28. The van der Waals surface area contributed by atoms with Gasteiger partial charge in [-0.15, -0.1) is 0 Å². The SMILES string of the molecule is Cc1ccc(C(=O)NCC(C)Br)cc1. The van der Waals surface area contributed by atoms with Gasteiger partial charge in [-0.05, 0) is 19.1 Å². The van der Waals surface area contributed by atoms with Crippen LogP contribution in [0.4, 0.5) is 0 Å². The standard InChI is InChI=1S/C11H14BrNO/c1-8-3-5-10(6-4-8)11(14)13-7-9(2)12/h3-6,9H,7H2,1-2H3,(H,13,14). The molecule has 2 nitrogen and oxygen atoms in total. The number of benzene rings is 1. The number of halogens is 1. The third kappa shape index (κ3) is 3.50. The van der Waals surface area contributed by atoms with Crippen molar-refractivity contribution in [3.05, 3.63) is 35.4 Å². The summed E-state index contributed by atoms with van der Waals surface area (Å²) in [5.74, 6) is -0.0173. The van der Waals surface area contributed by atoms with E-state index in [2.05, 4.69) is 21.2 Å². The molecule has 0 bridgehead atoms. The van der Waals surface area contributed by atoms with Crippen LogP contribution in [0.1, 0.15) is 22.8 Å². The Morgan fingerprint density at radius 1 is 1.43 bits per heavy atom. The maximum absolute atomic E-state index is 11.5. The molecule has 3 heteroatoms. The van der Waals surface area contributed by atoms with Crippen molar-refractivity contribution in [2.24, 2.45) is 0 Å². The molecule has 0 spiro atoms. The fourth-order valence-corrected chi connectivity index (χ4v) is 1.20. The highest BCUT2D eigenvalue weighted by Gasteiger charge is 2.04. The number of rotatable bonds is 3. The molecule has 0 saturated heterocycles. The van der Waals surface area contributed by atoms with E-state index in [0.29, 0.717) is 16.9 Å². The number of hydrogen-bond donors (Lipinski definition) is 1. The van der Waals surface area contributed by atoms with Crippen molar-refractivity contribution in [2.75, 3.05) is 6.54 Å². The lowest BCUT2D eigenvalue weighted by Gasteiger charge is -2.06. The van der Waals surface area contributed by atoms with Gasteiger partial charge in [-0.2, -0.15) is 0 Å². The molecule has 1 atom stereocenters. The van der Waals surface area contributed by atoms with Crippen molar-refractivity contribution in [1.29, 1.82) is 0 Å². The molecule has 0 radical (unpaired) electrons. The van der Waals surface area contributed by atoms with E-state index in [1.165, 1.54) is 0 Å². The van der Waals surface area contributed by atoms with Gasteiger partial charge in [0.25, 0.3) is 5.91 Å². The van der Waals surface area contributed by atoms with Crippen molar-refractivity contribution < 1.29 is 4.79 Å². The van der Waals surface area contributed by atoms with Crippen LogP contribution in [0.3, 0.4) is 0 Å². The van der Waals surface area contributed by atoms with E-state index in [1.807, 2.05) is 38.1 Å². The monoisotopic (exact) mass is 255 g/mol. The summed E-state index contributed by atoms with van der Waals surface area (Å²) in [7, 11) is 0. The summed E-state index contributed by atoms with van der Waals surface area (Å²) < 4.78 is 0. The van der Waals surface area contributed by atoms with Crippen molar-refractivity contribution in [3.8, 4) is 0 Å². The van der Waals surface area contributed by atoms with Crippen LogP contribution in [-0.4, -0.2) is 17.3 Å². The Hall–Kier alpha value is -0.830. The topological polar surface area (TPSA) is 29.1 Å². The summed E-state index contributed by atoms with van der Waals surface area (Å²) >= 11 is 3.37. The fraction of sp³-hybridized carbons (Fsp3) is 0.364. The van der Waals surface area contributed by atoms with E-state index in [1.54, 1.807) is 0 Å². The van der Waals surface area contributed by atoms with E-state index in [0.717, 1.165) is 5.56 Å². The second kappa shape index (κ2) is 5.15. The molecule has 0 heterocycles. The highest BCUT2D eigenvalue weighted by atomic mass is 79.9. The Balaban J connectivity index is 2.57. The van der Waals surface area contributed by atoms with Crippen LogP contribution in [0.25, 0.3) is 0 Å². The number of nitrogens with one attached hydrogen (secondary N) is 1. The predicted molar refractivity (Wildman–Crippen MR) is 61.9 cm³/mol. The summed E-state index contributed by atoms with van der Waals surface area (Å²) in [4.78, 5) is 11.8. The van der Waals surface area contributed by atoms with Crippen LogP contribution in [-0.2, 0) is 0 Å². The summed E-state index contributed by atoms with van der Waals surface area (Å²) in [5.41, 5.74) is 1.87. The van der Waals surface area contributed by atoms with E-state index >= 15 is 0 Å². The number of carbonyl (C=O) groups excluding carboxylic acids is 1. The molecule has 0 fully saturated rings. The van der Waals surface area contributed by atoms with Gasteiger partial charge in [-0.25, -0.2) is 0 Å². The smallest absolute Gasteiger partial charge is 0.251 e. The highest BCUT2D eigenvalue weighted by molar-refractivity contribution is 9.09. The number of hydrogen-bond acceptors (Lipinski definition) is 1. The number of amides is 1. The molecule has 1 N–H and O–H groups in total. The minimum Gasteiger partial charge on any atom is -0.351 e. The van der Waals surface area contributed by atoms with Crippen LogP contribution in [0.15, 0.2) is 24.3 Å². The summed E-state index contributed by atoms with van der Waals surface area (Å²) in [6.07, 6.45) is 0. The first-order valence-corrected chi connectivity index (χ1v) is 5.50. The quantitative estimate of drug-likeness (QED) is 0.827. The van der Waals surface area contributed by atoms with Crippen LogP contribution in [0, 0.1) is 6.92 Å². The second-order valence-corrected chi connectivity index (χ2v) is 4.92. The van der Waals surface area contributed by atoms with Crippen LogP contribution in [0.2, 0.25) is 0 Å². The summed E-state index contributed by atoms with van der Waals surface area (Å²) in [6.45, 7) is 4.64. The number of aryl methyl sites for hydroxylation is 1. The number of carbonyl (C=O) groups is 1. The molecule has 0 aliphatic heterocycles. The van der Waals surface area contributed by atoms with E-state index in [-0.39, 0.29) is 5.91 Å². The molecular weight excluding hydrogens is 242 g/mol. The second-order valence-electron chi connectivity index (χ2n) is 3.36. The molecule has 1 amide bonds. The third-order valence-electron chi connectivity index (χ3n) is 1.86. The minimum absolute atomic E-state index is 0.0173. The Morgan fingerprint density at radius 2 is 2.00 bits per heavy atom. The maximum atomic E-state index is 11.5. The highest BCUT2D eigenvalue weighted by Crippen LogP contribution is 2.03. The number of alkyl halides is 1. The zero-order valence-corrected chi connectivity index (χ0v) is 9.97. The maximum Gasteiger partial charge on any atom is 0.251 e. The normalized spacial score (nSPS) is 12.2. The van der Waals surface area contributed by atoms with Gasteiger partial charge < -0.3 is 5.32 Å². The first kappa shape index (κ1) is 11.2. The molecule has 1 aromatic carbocycles. The average Bonchev–Trinajstić information content (AvgIpc) is 2.15. The van der Waals surface area contributed by atoms with Gasteiger partial charge in [0.15, 0.2) is 0 Å². The predicted octanol–water partition coefficient (Wildman–Crippen LogP) is 2.51. The molecule has 14 heavy (non-hydrogen) atoms. The van der Waals surface area contributed by atoms with Gasteiger partial charge >= 0.3 is 0 Å². The van der Waals surface area contributed by atoms with Crippen LogP contribution >= 0.6 is 15.9 Å². The van der Waals surface area contributed by atoms with Crippen molar-refractivity contribution in [1.82, 2.24) is 5.32 Å². The summed E-state index contributed by atoms with van der Waals surface area (Å²) in [6, 6.07) is 7.55. The Bertz CT molecular complexity index is 306. The molecule has 76 valence electrons. The average molecular weight is 256 g/mol. The van der Waals surface area contributed by atoms with E-state index in [4.69, 9.17) is 0 Å². The van der Waals surface area contributed by atoms with Gasteiger partial charge in [0.2, 0.25) is 0 Å². The minimum atomic E-state index is -0.0173. The lowest BCUT2D eigenvalue weighted by molar-refractivity contribution is 0.0954. The van der Waals surface area contributed by atoms with Crippen LogP contribution in [0.5, 0.6) is 0 Å². The van der Waals surface area contributed by atoms with Gasteiger partial charge in [-0.1, -0.05) is 40.5 Å². The molecule has 0 saturated carbocycles. The van der Waals surface area contributed by atoms with Crippen LogP contribution < -0.4 is 5.32 Å². The molecule has 0 aliphatic carbocycles. The molecule has 0 aliphatic rings. The molecule has 1 aromatic rings. The zero-order chi connectivity index (χ0) is 10.6. The van der Waals surface area contributed by atoms with Gasteiger partial charge in [0.1, 0.15) is 0 Å². The van der Waals surface area contributed by atoms with Crippen molar-refractivity contribution >= 4 is 21.8 Å². The third-order valence-corrected chi connectivity index (χ3v) is 2.18. The Morgan fingerprint density at radius 3 is 2.50 bits per heavy atom. The molecular formula is C11H14BrNO. The Labute approximate surface area is 92.8 Å². The lowest BCUT2D eigenvalue weighted by atomic mass is 10.1.